The number of aliphatic hydroxyl groups is 6. The van der Waals surface area contributed by atoms with E-state index in [-0.39, 0.29) is 5.56 Å². The summed E-state index contributed by atoms with van der Waals surface area (Å²) in [6, 6.07) is -9.03. The molecule has 392 valence electrons. The number of benzene rings is 1. The lowest BCUT2D eigenvalue weighted by Crippen LogP contribution is -2.64. The van der Waals surface area contributed by atoms with E-state index in [1.54, 1.807) is 0 Å². The van der Waals surface area contributed by atoms with Crippen LogP contribution in [-0.4, -0.2) is 211 Å². The van der Waals surface area contributed by atoms with Gasteiger partial charge in [-0.3, -0.25) is 33.6 Å². The Morgan fingerprint density at radius 3 is 2.07 bits per heavy atom. The second kappa shape index (κ2) is 23.3. The summed E-state index contributed by atoms with van der Waals surface area (Å²) in [7, 11) is -4.28. The Morgan fingerprint density at radius 2 is 1.47 bits per heavy atom. The van der Waals surface area contributed by atoms with Gasteiger partial charge in [0.1, 0.15) is 41.9 Å². The number of ether oxygens (including phenoxy) is 1. The van der Waals surface area contributed by atoms with E-state index in [2.05, 4.69) is 36.1 Å². The summed E-state index contributed by atoms with van der Waals surface area (Å²) in [6.07, 6.45) is -14.9. The summed E-state index contributed by atoms with van der Waals surface area (Å²) in [5.41, 5.74) is -1.26. The summed E-state index contributed by atoms with van der Waals surface area (Å²) in [4.78, 5) is 112. The van der Waals surface area contributed by atoms with E-state index < -0.39 is 199 Å². The van der Waals surface area contributed by atoms with Crippen molar-refractivity contribution in [2.75, 3.05) is 26.7 Å². The molecule has 1 aromatic rings. The first-order valence-corrected chi connectivity index (χ1v) is 23.3. The van der Waals surface area contributed by atoms with Crippen molar-refractivity contribution in [1.29, 1.82) is 0 Å². The normalized spacial score (nSPS) is 29.2. The molecule has 3 fully saturated rings. The van der Waals surface area contributed by atoms with Crippen molar-refractivity contribution < 1.29 is 96.0 Å². The van der Waals surface area contributed by atoms with Crippen molar-refractivity contribution in [2.45, 2.75) is 139 Å². The van der Waals surface area contributed by atoms with Gasteiger partial charge in [0.2, 0.25) is 41.4 Å². The average molecular weight is 1020 g/mol. The molecule has 13 atom stereocenters. The van der Waals surface area contributed by atoms with Gasteiger partial charge >= 0.3 is 6.09 Å². The highest BCUT2D eigenvalue weighted by molar-refractivity contribution is 7.81. The number of β-amino-alcohol motifs (C(OH)–C–C–N with tert-alkyl or cyclic N) is 1. The first kappa shape index (κ1) is 56.6. The number of phenolic OH excluding ortho intramolecular Hbond substituents is 1. The maximum atomic E-state index is 14.5. The molecule has 0 aliphatic carbocycles. The van der Waals surface area contributed by atoms with Gasteiger partial charge in [-0.05, 0) is 45.4 Å². The average Bonchev–Trinajstić information content (AvgIpc) is 3.79. The van der Waals surface area contributed by atoms with Crippen LogP contribution in [0.15, 0.2) is 18.2 Å². The predicted octanol–water partition coefficient (Wildman–Crippen LogP) is -6.59. The number of rotatable bonds is 10. The Bertz CT molecular complexity index is 2250. The Balaban J connectivity index is 1.87. The number of alkyl carbamates (subject to hydrolysis) is 1. The molecule has 3 aliphatic heterocycles. The number of hydrogen-bond acceptors (Lipinski definition) is 20. The van der Waals surface area contributed by atoms with E-state index in [0.29, 0.717) is 0 Å². The monoisotopic (exact) mass is 1020 g/mol. The molecule has 0 spiro atoms. The Hall–Kier alpha value is -5.95. The molecule has 4 rings (SSSR count). The van der Waals surface area contributed by atoms with Gasteiger partial charge in [0.25, 0.3) is 10.4 Å². The van der Waals surface area contributed by atoms with Crippen LogP contribution in [0.3, 0.4) is 0 Å². The third-order valence-corrected chi connectivity index (χ3v) is 11.8. The van der Waals surface area contributed by atoms with Gasteiger partial charge < -0.3 is 90.9 Å². The number of carbonyl (C=O) groups is 8. The smallest absolute Gasteiger partial charge is 0.408 e. The number of amides is 8. The topological polar surface area (TPSA) is 432 Å². The number of phenols is 1. The zero-order valence-electron chi connectivity index (χ0n) is 38.9. The number of aliphatic hydroxyl groups excluding tert-OH is 6. The molecule has 0 radical (unpaired) electrons. The number of carbonyl (C=O) groups excluding carboxylic acids is 8. The largest absolute Gasteiger partial charge is 0.716 e. The maximum Gasteiger partial charge on any atom is 0.408 e. The second-order valence-corrected chi connectivity index (χ2v) is 19.3. The second-order valence-electron chi connectivity index (χ2n) is 18.3. The third kappa shape index (κ3) is 15.0. The Kier molecular flexibility index (Phi) is 18.9. The van der Waals surface area contributed by atoms with Crippen molar-refractivity contribution >= 4 is 57.8 Å². The molecule has 3 saturated heterocycles. The minimum Gasteiger partial charge on any atom is -0.716 e. The third-order valence-electron chi connectivity index (χ3n) is 11.5. The zero-order chi connectivity index (χ0) is 52.7. The molecule has 8 amide bonds. The molecule has 3 heterocycles. The summed E-state index contributed by atoms with van der Waals surface area (Å²) >= 11 is 0. The first-order chi connectivity index (χ1) is 32.4. The summed E-state index contributed by atoms with van der Waals surface area (Å²) in [5.74, 6) is -11.0. The number of fused-ring (bicyclic) bond motifs is 2. The fourth-order valence-electron chi connectivity index (χ4n) is 8.00. The Morgan fingerprint density at radius 1 is 0.857 bits per heavy atom. The van der Waals surface area contributed by atoms with Gasteiger partial charge in [-0.1, -0.05) is 13.0 Å². The molecule has 13 N–H and O–H groups in total. The van der Waals surface area contributed by atoms with E-state index >= 15 is 0 Å². The molecule has 0 aromatic heterocycles. The molecule has 0 saturated carbocycles. The lowest BCUT2D eigenvalue weighted by Gasteiger charge is -2.34. The minimum absolute atomic E-state index is 0.150. The van der Waals surface area contributed by atoms with Crippen molar-refractivity contribution in [2.24, 2.45) is 5.92 Å². The van der Waals surface area contributed by atoms with Crippen molar-refractivity contribution in [3.63, 3.8) is 0 Å². The summed E-state index contributed by atoms with van der Waals surface area (Å²) in [6.45, 7) is 5.31. The van der Waals surface area contributed by atoms with Gasteiger partial charge in [0.15, 0.2) is 11.5 Å². The van der Waals surface area contributed by atoms with Crippen LogP contribution in [0, 0.1) is 5.92 Å². The number of nitrogens with one attached hydrogen (secondary N) is 6. The quantitative estimate of drug-likeness (QED) is 0.0765. The van der Waals surface area contributed by atoms with Gasteiger partial charge in [0.05, 0.1) is 43.0 Å². The summed E-state index contributed by atoms with van der Waals surface area (Å²) < 4.78 is 43.5. The predicted molar refractivity (Wildman–Crippen MR) is 234 cm³/mol. The lowest BCUT2D eigenvalue weighted by atomic mass is 9.98. The molecular weight excluding hydrogens is 957 g/mol. The van der Waals surface area contributed by atoms with Crippen LogP contribution < -0.4 is 36.1 Å². The maximum absolute atomic E-state index is 14.5. The molecule has 3 aliphatic rings. The van der Waals surface area contributed by atoms with Crippen LogP contribution >= 0.6 is 0 Å². The van der Waals surface area contributed by atoms with Gasteiger partial charge in [-0.15, -0.1) is 0 Å². The highest BCUT2D eigenvalue weighted by Crippen LogP contribution is 2.30. The number of hydrogen-bond donors (Lipinski definition) is 13. The summed E-state index contributed by atoms with van der Waals surface area (Å²) in [5, 5.41) is 90.7. The van der Waals surface area contributed by atoms with Gasteiger partial charge in [-0.2, -0.15) is 0 Å². The van der Waals surface area contributed by atoms with Crippen molar-refractivity contribution in [1.82, 2.24) is 41.7 Å². The molecule has 0 bridgehead atoms. The van der Waals surface area contributed by atoms with E-state index in [4.69, 9.17) is 4.74 Å². The standard InChI is InChI=1S/C41H62N8O20S/c1-17-15-49-32(33(17)57)37(61)43-14-20(51)11-22(44-40(64)68-41(3,4)5)34(58)45-29(18(2)50)38(62)48-16-21(52)12-23(48)35(59)46-30(36(60)47-31(39(49)63)26(55)13-28(56)42-6)25(54)9-19-7-8-24(53)27(10-19)69-70(65,66)67/h7-8,10,17-18,20-23,25-26,29-33,50-55,57H,9,11-16H2,1-6H3,(H,42,56)(H,43,61)(H,44,64)(H,45,58)(H,46,59)(H,47,60)(H,65,66,67)/p-1/t17-,18+,20+,21+,22?,23-,25+,26+,29?,30-,31-,32-,33-/m0/s1. The van der Waals surface area contributed by atoms with Crippen LogP contribution in [0.2, 0.25) is 0 Å². The van der Waals surface area contributed by atoms with Gasteiger partial charge in [0, 0.05) is 51.9 Å². The fourth-order valence-corrected chi connectivity index (χ4v) is 8.35. The lowest BCUT2D eigenvalue weighted by molar-refractivity contribution is -0.147. The van der Waals surface area contributed by atoms with Crippen molar-refractivity contribution in [3.05, 3.63) is 23.8 Å². The molecule has 29 heteroatoms. The van der Waals surface area contributed by atoms with Crippen LogP contribution in [0.25, 0.3) is 0 Å². The van der Waals surface area contributed by atoms with Crippen LogP contribution in [-0.2, 0) is 55.1 Å². The molecular formula is C41H61N8O20S-. The number of aromatic hydroxyl groups is 1. The number of nitrogens with zero attached hydrogens (tertiary/aromatic N) is 2. The highest BCUT2D eigenvalue weighted by atomic mass is 32.3. The van der Waals surface area contributed by atoms with E-state index in [1.807, 2.05) is 0 Å². The van der Waals surface area contributed by atoms with Crippen LogP contribution in [0.5, 0.6) is 11.5 Å². The molecule has 1 aromatic carbocycles. The zero-order valence-corrected chi connectivity index (χ0v) is 39.7. The van der Waals surface area contributed by atoms with E-state index in [9.17, 15) is 87.1 Å². The minimum atomic E-state index is -5.46. The highest BCUT2D eigenvalue weighted by Gasteiger charge is 2.50. The van der Waals surface area contributed by atoms with E-state index in [1.165, 1.54) is 34.7 Å². The van der Waals surface area contributed by atoms with Crippen LogP contribution in [0.4, 0.5) is 4.79 Å². The van der Waals surface area contributed by atoms with Gasteiger partial charge in [-0.25, -0.2) is 13.2 Å². The molecule has 2 unspecified atom stereocenters. The Labute approximate surface area is 401 Å². The SMILES string of the molecule is CNC(=O)C[C@@H](O)[C@@H]1NC(=O)[C@H]([C@H](O)Cc2ccc(O)c(OS(=O)(=O)[O-])c2)NC(=O)[C@@H]2C[C@@H](O)CN2C(=O)C([C@@H](C)O)NC(=O)C(NC(=O)OC(C)(C)C)C[C@@H](O)CNC(=O)[C@@H]2[C@@H](O)[C@@H](C)CN2C1=O. The van der Waals surface area contributed by atoms with Crippen molar-refractivity contribution in [3.8, 4) is 11.5 Å². The first-order valence-electron chi connectivity index (χ1n) is 22.0. The van der Waals surface area contributed by atoms with Crippen LogP contribution in [0.1, 0.15) is 59.4 Å². The van der Waals surface area contributed by atoms with E-state index in [0.717, 1.165) is 34.9 Å². The fraction of sp³-hybridized carbons (Fsp3) is 0.659. The molecule has 70 heavy (non-hydrogen) atoms. The molecule has 28 nitrogen and oxygen atoms in total.